The topological polar surface area (TPSA) is 29.5 Å². The summed E-state index contributed by atoms with van der Waals surface area (Å²) in [4.78, 5) is 12.9. The van der Waals surface area contributed by atoms with Gasteiger partial charge in [-0.15, -0.1) is 0 Å². The van der Waals surface area contributed by atoms with E-state index in [9.17, 15) is 4.79 Å². The van der Waals surface area contributed by atoms with E-state index in [0.29, 0.717) is 12.6 Å². The Morgan fingerprint density at radius 2 is 1.79 bits per heavy atom. The number of aldehydes is 1. The summed E-state index contributed by atoms with van der Waals surface area (Å²) < 4.78 is 5.52. The zero-order chi connectivity index (χ0) is 13.8. The van der Waals surface area contributed by atoms with Crippen LogP contribution in [0.2, 0.25) is 0 Å². The van der Waals surface area contributed by atoms with Crippen LogP contribution in [0.5, 0.6) is 0 Å². The fourth-order valence-electron chi connectivity index (χ4n) is 2.81. The number of hydrogen-bond donors (Lipinski definition) is 0. The van der Waals surface area contributed by atoms with Crippen molar-refractivity contribution in [1.29, 1.82) is 0 Å². The number of nitrogens with zero attached hydrogens (tertiary/aromatic N) is 1. The standard InChI is InChI=1S/C16H31NO2/c1-2-3-4-5-6-7-8-9-10-16-15-19-14-12-17(16)11-13-18/h13,16H,2-12,14-15H2,1H3. The predicted octanol–water partition coefficient (Wildman–Crippen LogP) is 3.42. The monoisotopic (exact) mass is 269 g/mol. The Bertz CT molecular complexity index is 221. The van der Waals surface area contributed by atoms with Gasteiger partial charge in [0, 0.05) is 12.6 Å². The molecule has 1 atom stereocenters. The van der Waals surface area contributed by atoms with Crippen LogP contribution in [-0.2, 0) is 9.53 Å². The van der Waals surface area contributed by atoms with Gasteiger partial charge in [0.1, 0.15) is 6.29 Å². The van der Waals surface area contributed by atoms with Crippen molar-refractivity contribution in [1.82, 2.24) is 4.90 Å². The molecule has 0 aliphatic carbocycles. The van der Waals surface area contributed by atoms with E-state index in [-0.39, 0.29) is 0 Å². The van der Waals surface area contributed by atoms with Gasteiger partial charge < -0.3 is 9.53 Å². The van der Waals surface area contributed by atoms with Crippen molar-refractivity contribution in [2.24, 2.45) is 0 Å². The molecule has 19 heavy (non-hydrogen) atoms. The van der Waals surface area contributed by atoms with Crippen LogP contribution in [-0.4, -0.2) is 43.5 Å². The van der Waals surface area contributed by atoms with Gasteiger partial charge in [-0.25, -0.2) is 0 Å². The summed E-state index contributed by atoms with van der Waals surface area (Å²) in [5.41, 5.74) is 0. The first kappa shape index (κ1) is 16.6. The number of carbonyl (C=O) groups is 1. The first-order valence-electron chi connectivity index (χ1n) is 8.14. The third-order valence-corrected chi connectivity index (χ3v) is 4.05. The molecule has 1 rings (SSSR count). The SMILES string of the molecule is CCCCCCCCCCC1COCCN1CC=O. The number of carbonyl (C=O) groups excluding carboxylic acids is 1. The van der Waals surface area contributed by atoms with Crippen molar-refractivity contribution in [3.8, 4) is 0 Å². The lowest BCUT2D eigenvalue weighted by molar-refractivity contribution is -0.111. The number of hydrogen-bond acceptors (Lipinski definition) is 3. The fraction of sp³-hybridized carbons (Fsp3) is 0.938. The highest BCUT2D eigenvalue weighted by atomic mass is 16.5. The third-order valence-electron chi connectivity index (χ3n) is 4.05. The molecule has 0 amide bonds. The molecule has 0 spiro atoms. The zero-order valence-electron chi connectivity index (χ0n) is 12.6. The highest BCUT2D eigenvalue weighted by molar-refractivity contribution is 5.52. The van der Waals surface area contributed by atoms with Gasteiger partial charge in [-0.1, -0.05) is 58.3 Å². The lowest BCUT2D eigenvalue weighted by Crippen LogP contribution is -2.46. The molecule has 0 aromatic heterocycles. The summed E-state index contributed by atoms with van der Waals surface area (Å²) in [6.07, 6.45) is 13.1. The van der Waals surface area contributed by atoms with E-state index >= 15 is 0 Å². The van der Waals surface area contributed by atoms with Crippen LogP contribution in [0.3, 0.4) is 0 Å². The second-order valence-corrected chi connectivity index (χ2v) is 5.65. The highest BCUT2D eigenvalue weighted by Crippen LogP contribution is 2.15. The van der Waals surface area contributed by atoms with E-state index in [1.807, 2.05) is 0 Å². The van der Waals surface area contributed by atoms with Crippen molar-refractivity contribution >= 4 is 6.29 Å². The van der Waals surface area contributed by atoms with E-state index in [0.717, 1.165) is 26.0 Å². The molecule has 0 aromatic carbocycles. The van der Waals surface area contributed by atoms with Gasteiger partial charge in [0.25, 0.3) is 0 Å². The molecular weight excluding hydrogens is 238 g/mol. The van der Waals surface area contributed by atoms with Gasteiger partial charge in [0.05, 0.1) is 19.8 Å². The predicted molar refractivity (Wildman–Crippen MR) is 79.5 cm³/mol. The van der Waals surface area contributed by atoms with Gasteiger partial charge in [-0.2, -0.15) is 0 Å². The zero-order valence-corrected chi connectivity index (χ0v) is 12.6. The summed E-state index contributed by atoms with van der Waals surface area (Å²) >= 11 is 0. The van der Waals surface area contributed by atoms with E-state index in [1.165, 1.54) is 57.8 Å². The average molecular weight is 269 g/mol. The maximum absolute atomic E-state index is 10.6. The number of unbranched alkanes of at least 4 members (excludes halogenated alkanes) is 7. The molecule has 1 saturated heterocycles. The van der Waals surface area contributed by atoms with Gasteiger partial charge >= 0.3 is 0 Å². The van der Waals surface area contributed by atoms with Gasteiger partial charge in [-0.3, -0.25) is 4.90 Å². The first-order chi connectivity index (χ1) is 9.38. The molecule has 3 nitrogen and oxygen atoms in total. The normalized spacial score (nSPS) is 20.6. The molecule has 1 fully saturated rings. The Kier molecular flexibility index (Phi) is 10.0. The van der Waals surface area contributed by atoms with Crippen LogP contribution >= 0.6 is 0 Å². The van der Waals surface area contributed by atoms with Crippen LogP contribution in [0.25, 0.3) is 0 Å². The summed E-state index contributed by atoms with van der Waals surface area (Å²) in [7, 11) is 0. The van der Waals surface area contributed by atoms with E-state index in [1.54, 1.807) is 0 Å². The Balaban J connectivity index is 1.99. The minimum Gasteiger partial charge on any atom is -0.378 e. The smallest absolute Gasteiger partial charge is 0.133 e. The minimum absolute atomic E-state index is 0.471. The lowest BCUT2D eigenvalue weighted by Gasteiger charge is -2.34. The van der Waals surface area contributed by atoms with Gasteiger partial charge in [0.2, 0.25) is 0 Å². The Morgan fingerprint density at radius 3 is 2.47 bits per heavy atom. The number of ether oxygens (including phenoxy) is 1. The average Bonchev–Trinajstić information content (AvgIpc) is 2.44. The Hall–Kier alpha value is -0.410. The van der Waals surface area contributed by atoms with Gasteiger partial charge in [0.15, 0.2) is 0 Å². The van der Waals surface area contributed by atoms with E-state index < -0.39 is 0 Å². The Morgan fingerprint density at radius 1 is 1.11 bits per heavy atom. The van der Waals surface area contributed by atoms with Gasteiger partial charge in [-0.05, 0) is 6.42 Å². The molecule has 1 aliphatic rings. The maximum atomic E-state index is 10.6. The van der Waals surface area contributed by atoms with Crippen LogP contribution in [0.4, 0.5) is 0 Å². The molecule has 0 aromatic rings. The molecule has 0 N–H and O–H groups in total. The molecule has 3 heteroatoms. The molecule has 0 radical (unpaired) electrons. The molecule has 112 valence electrons. The second kappa shape index (κ2) is 11.4. The lowest BCUT2D eigenvalue weighted by atomic mass is 10.0. The molecule has 1 unspecified atom stereocenters. The summed E-state index contributed by atoms with van der Waals surface area (Å²) in [5.74, 6) is 0. The van der Waals surface area contributed by atoms with Crippen LogP contribution < -0.4 is 0 Å². The van der Waals surface area contributed by atoms with Crippen molar-refractivity contribution in [3.05, 3.63) is 0 Å². The van der Waals surface area contributed by atoms with Crippen LogP contribution in [0.15, 0.2) is 0 Å². The van der Waals surface area contributed by atoms with Crippen LogP contribution in [0.1, 0.15) is 64.7 Å². The van der Waals surface area contributed by atoms with Crippen molar-refractivity contribution < 1.29 is 9.53 Å². The van der Waals surface area contributed by atoms with Crippen molar-refractivity contribution in [3.63, 3.8) is 0 Å². The summed E-state index contributed by atoms with van der Waals surface area (Å²) in [6, 6.07) is 0.471. The Labute approximate surface area is 118 Å². The largest absolute Gasteiger partial charge is 0.378 e. The molecule has 1 aliphatic heterocycles. The molecule has 0 bridgehead atoms. The third kappa shape index (κ3) is 7.68. The number of rotatable bonds is 11. The van der Waals surface area contributed by atoms with Crippen LogP contribution in [0, 0.1) is 0 Å². The molecule has 1 heterocycles. The fourth-order valence-corrected chi connectivity index (χ4v) is 2.81. The quantitative estimate of drug-likeness (QED) is 0.425. The number of morpholine rings is 1. The maximum Gasteiger partial charge on any atom is 0.133 e. The van der Waals surface area contributed by atoms with E-state index in [2.05, 4.69) is 11.8 Å². The first-order valence-corrected chi connectivity index (χ1v) is 8.14. The second-order valence-electron chi connectivity index (χ2n) is 5.65. The highest BCUT2D eigenvalue weighted by Gasteiger charge is 2.21. The van der Waals surface area contributed by atoms with Crippen molar-refractivity contribution in [2.75, 3.05) is 26.3 Å². The van der Waals surface area contributed by atoms with Crippen molar-refractivity contribution in [2.45, 2.75) is 70.8 Å². The molecular formula is C16H31NO2. The minimum atomic E-state index is 0.471. The molecule has 0 saturated carbocycles. The summed E-state index contributed by atoms with van der Waals surface area (Å²) in [6.45, 7) is 5.34. The van der Waals surface area contributed by atoms with E-state index in [4.69, 9.17) is 4.74 Å². The summed E-state index contributed by atoms with van der Waals surface area (Å²) in [5, 5.41) is 0.